The normalized spacial score (nSPS) is 28.9. The summed E-state index contributed by atoms with van der Waals surface area (Å²) in [5, 5.41) is 0. The maximum absolute atomic E-state index is 6.21. The molecule has 2 unspecified atom stereocenters. The Balaban J connectivity index is 1.76. The molecule has 1 heterocycles. The predicted molar refractivity (Wildman–Crippen MR) is 89.6 cm³/mol. The van der Waals surface area contributed by atoms with Gasteiger partial charge in [-0.1, -0.05) is 22.0 Å². The number of ether oxygens (including phenoxy) is 1. The van der Waals surface area contributed by atoms with E-state index >= 15 is 0 Å². The van der Waals surface area contributed by atoms with Gasteiger partial charge in [-0.3, -0.25) is 4.90 Å². The minimum absolute atomic E-state index is 0.0901. The van der Waals surface area contributed by atoms with Crippen molar-refractivity contribution in [1.29, 1.82) is 0 Å². The number of hydrogen-bond donors (Lipinski definition) is 1. The number of aryl methyl sites for hydroxylation is 1. The Kier molecular flexibility index (Phi) is 4.69. The third-order valence-electron chi connectivity index (χ3n) is 5.24. The molecule has 3 nitrogen and oxygen atoms in total. The van der Waals surface area contributed by atoms with Crippen LogP contribution in [0, 0.1) is 0 Å². The van der Waals surface area contributed by atoms with E-state index in [0.29, 0.717) is 12.6 Å². The van der Waals surface area contributed by atoms with Crippen molar-refractivity contribution in [1.82, 2.24) is 4.90 Å². The molecular formula is C17H25BrN2O. The third kappa shape index (κ3) is 3.19. The molecule has 2 N–H and O–H groups in total. The summed E-state index contributed by atoms with van der Waals surface area (Å²) in [5.74, 6) is 0. The second kappa shape index (κ2) is 6.37. The first-order chi connectivity index (χ1) is 10.1. The van der Waals surface area contributed by atoms with Crippen molar-refractivity contribution in [2.24, 2.45) is 5.73 Å². The SMILES string of the molecule is CN(CC1CCCO1)C1(CN)CCc2cc(Br)ccc2C1. The van der Waals surface area contributed by atoms with E-state index in [1.54, 1.807) is 0 Å². The van der Waals surface area contributed by atoms with E-state index in [1.165, 1.54) is 28.4 Å². The lowest BCUT2D eigenvalue weighted by Crippen LogP contribution is -2.57. The van der Waals surface area contributed by atoms with Gasteiger partial charge >= 0.3 is 0 Å². The number of likely N-dealkylation sites (N-methyl/N-ethyl adjacent to an activating group) is 1. The average Bonchev–Trinajstić information content (AvgIpc) is 2.99. The molecule has 1 aromatic rings. The quantitative estimate of drug-likeness (QED) is 0.905. The molecule has 0 saturated carbocycles. The van der Waals surface area contributed by atoms with Crippen LogP contribution in [0.4, 0.5) is 0 Å². The zero-order chi connectivity index (χ0) is 14.9. The zero-order valence-corrected chi connectivity index (χ0v) is 14.4. The van der Waals surface area contributed by atoms with Crippen molar-refractivity contribution in [3.63, 3.8) is 0 Å². The van der Waals surface area contributed by atoms with Crippen LogP contribution in [0.3, 0.4) is 0 Å². The van der Waals surface area contributed by atoms with Gasteiger partial charge in [-0.05, 0) is 62.4 Å². The average molecular weight is 353 g/mol. The summed E-state index contributed by atoms with van der Waals surface area (Å²) in [5.41, 5.74) is 9.22. The lowest BCUT2D eigenvalue weighted by molar-refractivity contribution is 0.0309. The molecular weight excluding hydrogens is 328 g/mol. The van der Waals surface area contributed by atoms with Crippen LogP contribution in [0.2, 0.25) is 0 Å². The van der Waals surface area contributed by atoms with E-state index in [-0.39, 0.29) is 5.54 Å². The van der Waals surface area contributed by atoms with Crippen molar-refractivity contribution in [2.75, 3.05) is 26.7 Å². The van der Waals surface area contributed by atoms with E-state index in [2.05, 4.69) is 46.1 Å². The largest absolute Gasteiger partial charge is 0.377 e. The molecule has 1 saturated heterocycles. The van der Waals surface area contributed by atoms with Gasteiger partial charge in [0, 0.05) is 29.7 Å². The third-order valence-corrected chi connectivity index (χ3v) is 5.73. The van der Waals surface area contributed by atoms with Crippen LogP contribution in [0.15, 0.2) is 22.7 Å². The van der Waals surface area contributed by atoms with Crippen LogP contribution in [-0.4, -0.2) is 43.3 Å². The van der Waals surface area contributed by atoms with Crippen molar-refractivity contribution >= 4 is 15.9 Å². The van der Waals surface area contributed by atoms with Crippen LogP contribution in [-0.2, 0) is 17.6 Å². The smallest absolute Gasteiger partial charge is 0.0702 e. The topological polar surface area (TPSA) is 38.5 Å². The Labute approximate surface area is 136 Å². The van der Waals surface area contributed by atoms with Gasteiger partial charge < -0.3 is 10.5 Å². The summed E-state index contributed by atoms with van der Waals surface area (Å²) in [6.45, 7) is 2.64. The van der Waals surface area contributed by atoms with E-state index in [1.807, 2.05) is 0 Å². The molecule has 116 valence electrons. The Hall–Kier alpha value is -0.420. The number of benzene rings is 1. The highest BCUT2D eigenvalue weighted by Crippen LogP contribution is 2.34. The van der Waals surface area contributed by atoms with Gasteiger partial charge in [-0.2, -0.15) is 0 Å². The summed E-state index contributed by atoms with van der Waals surface area (Å²) in [7, 11) is 2.22. The van der Waals surface area contributed by atoms with Crippen molar-refractivity contribution in [2.45, 2.75) is 43.7 Å². The number of nitrogens with two attached hydrogens (primary N) is 1. The Morgan fingerprint density at radius 2 is 2.29 bits per heavy atom. The van der Waals surface area contributed by atoms with Gasteiger partial charge in [-0.15, -0.1) is 0 Å². The molecule has 2 atom stereocenters. The summed E-state index contributed by atoms with van der Waals surface area (Å²) >= 11 is 3.57. The molecule has 0 amide bonds. The first-order valence-corrected chi connectivity index (χ1v) is 8.72. The lowest BCUT2D eigenvalue weighted by atomic mass is 9.77. The van der Waals surface area contributed by atoms with E-state index < -0.39 is 0 Å². The van der Waals surface area contributed by atoms with Gasteiger partial charge in [-0.25, -0.2) is 0 Å². The Morgan fingerprint density at radius 3 is 3.00 bits per heavy atom. The molecule has 0 radical (unpaired) electrons. The van der Waals surface area contributed by atoms with E-state index in [9.17, 15) is 0 Å². The second-order valence-corrected chi connectivity index (χ2v) is 7.45. The number of rotatable bonds is 4. The van der Waals surface area contributed by atoms with Gasteiger partial charge in [0.2, 0.25) is 0 Å². The van der Waals surface area contributed by atoms with Gasteiger partial charge in [0.05, 0.1) is 6.10 Å². The van der Waals surface area contributed by atoms with Crippen LogP contribution < -0.4 is 5.73 Å². The highest BCUT2D eigenvalue weighted by Gasteiger charge is 2.38. The molecule has 0 spiro atoms. The van der Waals surface area contributed by atoms with Crippen LogP contribution in [0.1, 0.15) is 30.4 Å². The highest BCUT2D eigenvalue weighted by atomic mass is 79.9. The zero-order valence-electron chi connectivity index (χ0n) is 12.8. The number of fused-ring (bicyclic) bond motifs is 1. The maximum Gasteiger partial charge on any atom is 0.0702 e. The van der Waals surface area contributed by atoms with E-state index in [0.717, 1.165) is 32.4 Å². The monoisotopic (exact) mass is 352 g/mol. The van der Waals surface area contributed by atoms with Crippen molar-refractivity contribution in [3.8, 4) is 0 Å². The van der Waals surface area contributed by atoms with Crippen molar-refractivity contribution in [3.05, 3.63) is 33.8 Å². The Morgan fingerprint density at radius 1 is 1.43 bits per heavy atom. The van der Waals surface area contributed by atoms with Gasteiger partial charge in [0.25, 0.3) is 0 Å². The van der Waals surface area contributed by atoms with Crippen molar-refractivity contribution < 1.29 is 4.74 Å². The fraction of sp³-hybridized carbons (Fsp3) is 0.647. The summed E-state index contributed by atoms with van der Waals surface area (Å²) in [6, 6.07) is 6.66. The number of nitrogens with zero attached hydrogens (tertiary/aromatic N) is 1. The van der Waals surface area contributed by atoms with E-state index in [4.69, 9.17) is 10.5 Å². The second-order valence-electron chi connectivity index (χ2n) is 6.53. The molecule has 2 aliphatic rings. The molecule has 0 aromatic heterocycles. The maximum atomic E-state index is 6.21. The predicted octanol–water partition coefficient (Wildman–Crippen LogP) is 2.75. The standard InChI is InChI=1S/C17H25BrN2O/c1-20(11-16-3-2-8-21-16)17(12-19)7-6-13-9-15(18)5-4-14(13)10-17/h4-5,9,16H,2-3,6-8,10-12,19H2,1H3. The fourth-order valence-corrected chi connectivity index (χ4v) is 4.16. The van der Waals surface area contributed by atoms with Crippen LogP contribution >= 0.6 is 15.9 Å². The van der Waals surface area contributed by atoms with Crippen LogP contribution in [0.25, 0.3) is 0 Å². The molecule has 0 bridgehead atoms. The Bertz CT molecular complexity index is 502. The molecule has 1 aromatic carbocycles. The minimum Gasteiger partial charge on any atom is -0.377 e. The van der Waals surface area contributed by atoms with Crippen LogP contribution in [0.5, 0.6) is 0 Å². The molecule has 1 aliphatic carbocycles. The molecule has 4 heteroatoms. The lowest BCUT2D eigenvalue weighted by Gasteiger charge is -2.45. The minimum atomic E-state index is 0.0901. The molecule has 21 heavy (non-hydrogen) atoms. The molecule has 3 rings (SSSR count). The molecule has 1 aliphatic heterocycles. The summed E-state index contributed by atoms with van der Waals surface area (Å²) in [6.07, 6.45) is 6.08. The van der Waals surface area contributed by atoms with Gasteiger partial charge in [0.1, 0.15) is 0 Å². The summed E-state index contributed by atoms with van der Waals surface area (Å²) < 4.78 is 6.98. The summed E-state index contributed by atoms with van der Waals surface area (Å²) in [4.78, 5) is 2.47. The fourth-order valence-electron chi connectivity index (χ4n) is 3.75. The highest BCUT2D eigenvalue weighted by molar-refractivity contribution is 9.10. The van der Waals surface area contributed by atoms with Gasteiger partial charge in [0.15, 0.2) is 0 Å². The first-order valence-electron chi connectivity index (χ1n) is 7.93. The number of hydrogen-bond acceptors (Lipinski definition) is 3. The molecule has 1 fully saturated rings. The number of halogens is 1. The first kappa shape index (κ1) is 15.5.